The molecule has 0 saturated heterocycles. The van der Waals surface area contributed by atoms with Gasteiger partial charge in [0, 0.05) is 25.3 Å². The van der Waals surface area contributed by atoms with Gasteiger partial charge in [0.15, 0.2) is 0 Å². The number of anilines is 1. The first-order valence-electron chi connectivity index (χ1n) is 6.87. The highest BCUT2D eigenvalue weighted by Crippen LogP contribution is 2.13. The number of nitrogens with two attached hydrogens (primary N) is 1. The lowest BCUT2D eigenvalue weighted by molar-refractivity contribution is -0.122. The van der Waals surface area contributed by atoms with Crippen LogP contribution in [0.5, 0.6) is 0 Å². The third-order valence-electron chi connectivity index (χ3n) is 3.33. The maximum atomic E-state index is 11.7. The highest BCUT2D eigenvalue weighted by Gasteiger charge is 2.15. The van der Waals surface area contributed by atoms with Crippen molar-refractivity contribution in [2.75, 3.05) is 18.5 Å². The van der Waals surface area contributed by atoms with Crippen molar-refractivity contribution in [2.45, 2.75) is 38.8 Å². The molecule has 0 fully saturated rings. The van der Waals surface area contributed by atoms with Crippen LogP contribution in [-0.2, 0) is 4.79 Å². The van der Waals surface area contributed by atoms with Crippen LogP contribution in [0.4, 0.5) is 5.69 Å². The number of nitrogens with one attached hydrogen (secondary N) is 1. The Bertz CT molecular complexity index is 386. The molecule has 0 heterocycles. The van der Waals surface area contributed by atoms with Crippen LogP contribution < -0.4 is 16.0 Å². The third-order valence-corrected chi connectivity index (χ3v) is 3.33. The molecule has 2 atom stereocenters. The average molecular weight is 300 g/mol. The van der Waals surface area contributed by atoms with Crippen LogP contribution in [-0.4, -0.2) is 31.6 Å². The summed E-state index contributed by atoms with van der Waals surface area (Å²) < 4.78 is 0. The van der Waals surface area contributed by atoms with Crippen molar-refractivity contribution in [1.82, 2.24) is 5.32 Å². The quantitative estimate of drug-likeness (QED) is 0.811. The second kappa shape index (κ2) is 9.61. The van der Waals surface area contributed by atoms with Gasteiger partial charge in [-0.15, -0.1) is 12.4 Å². The van der Waals surface area contributed by atoms with Gasteiger partial charge in [0.1, 0.15) is 0 Å². The minimum absolute atomic E-state index is 0. The van der Waals surface area contributed by atoms with E-state index in [0.29, 0.717) is 6.54 Å². The van der Waals surface area contributed by atoms with E-state index in [0.717, 1.165) is 18.5 Å². The minimum atomic E-state index is -0.390. The molecular formula is C15H26ClN3O. The number of halogens is 1. The second-order valence-corrected chi connectivity index (χ2v) is 4.94. The summed E-state index contributed by atoms with van der Waals surface area (Å²) in [5.74, 6) is -0.0600. The standard InChI is InChI=1S/C15H25N3O.ClH/c1-4-8-14(16)15(19)17-11-12(2)18(3)13-9-6-5-7-10-13;/h5-7,9-10,12,14H,4,8,11,16H2,1-3H3,(H,17,19);1H. The Morgan fingerprint density at radius 2 is 1.95 bits per heavy atom. The van der Waals surface area contributed by atoms with Crippen molar-refractivity contribution in [2.24, 2.45) is 5.73 Å². The molecule has 0 aliphatic carbocycles. The van der Waals surface area contributed by atoms with Crippen LogP contribution >= 0.6 is 12.4 Å². The zero-order valence-corrected chi connectivity index (χ0v) is 13.3. The lowest BCUT2D eigenvalue weighted by Crippen LogP contribution is -2.46. The molecular weight excluding hydrogens is 274 g/mol. The zero-order valence-electron chi connectivity index (χ0n) is 12.5. The summed E-state index contributed by atoms with van der Waals surface area (Å²) in [6, 6.07) is 9.96. The molecule has 5 heteroatoms. The predicted molar refractivity (Wildman–Crippen MR) is 87.4 cm³/mol. The molecule has 2 unspecified atom stereocenters. The van der Waals surface area contributed by atoms with E-state index < -0.39 is 0 Å². The first-order valence-corrected chi connectivity index (χ1v) is 6.87. The van der Waals surface area contributed by atoms with Gasteiger partial charge in [-0.1, -0.05) is 31.5 Å². The molecule has 0 saturated carbocycles. The van der Waals surface area contributed by atoms with Gasteiger partial charge in [-0.2, -0.15) is 0 Å². The van der Waals surface area contributed by atoms with Gasteiger partial charge < -0.3 is 16.0 Å². The van der Waals surface area contributed by atoms with E-state index in [2.05, 4.69) is 29.3 Å². The average Bonchev–Trinajstić information content (AvgIpc) is 2.44. The molecule has 0 aliphatic rings. The molecule has 1 amide bonds. The van der Waals surface area contributed by atoms with Crippen LogP contribution in [0.3, 0.4) is 0 Å². The number of carbonyl (C=O) groups excluding carboxylic acids is 1. The molecule has 1 aromatic carbocycles. The van der Waals surface area contributed by atoms with Crippen molar-refractivity contribution in [1.29, 1.82) is 0 Å². The maximum Gasteiger partial charge on any atom is 0.236 e. The van der Waals surface area contributed by atoms with Crippen molar-refractivity contribution in [3.05, 3.63) is 30.3 Å². The fourth-order valence-corrected chi connectivity index (χ4v) is 1.88. The highest BCUT2D eigenvalue weighted by molar-refractivity contribution is 5.85. The molecule has 3 N–H and O–H groups in total. The van der Waals surface area contributed by atoms with E-state index in [9.17, 15) is 4.79 Å². The smallest absolute Gasteiger partial charge is 0.236 e. The number of benzene rings is 1. The number of hydrogen-bond acceptors (Lipinski definition) is 3. The fraction of sp³-hybridized carbons (Fsp3) is 0.533. The van der Waals surface area contributed by atoms with Crippen LogP contribution in [0.25, 0.3) is 0 Å². The molecule has 0 aromatic heterocycles. The van der Waals surface area contributed by atoms with Gasteiger partial charge in [-0.25, -0.2) is 0 Å². The van der Waals surface area contributed by atoms with Crippen LogP contribution in [0.1, 0.15) is 26.7 Å². The third kappa shape index (κ3) is 5.80. The number of amides is 1. The normalized spacial score (nSPS) is 13.0. The van der Waals surface area contributed by atoms with Gasteiger partial charge in [0.05, 0.1) is 6.04 Å². The summed E-state index contributed by atoms with van der Waals surface area (Å²) in [6.07, 6.45) is 1.66. The van der Waals surface area contributed by atoms with Gasteiger partial charge >= 0.3 is 0 Å². The Hall–Kier alpha value is -1.26. The molecule has 4 nitrogen and oxygen atoms in total. The Labute approximate surface area is 128 Å². The molecule has 0 radical (unpaired) electrons. The molecule has 114 valence electrons. The predicted octanol–water partition coefficient (Wildman–Crippen LogP) is 2.18. The molecule has 20 heavy (non-hydrogen) atoms. The summed E-state index contributed by atoms with van der Waals surface area (Å²) >= 11 is 0. The first-order chi connectivity index (χ1) is 9.06. The molecule has 0 spiro atoms. The van der Waals surface area contributed by atoms with Crippen LogP contribution in [0, 0.1) is 0 Å². The largest absolute Gasteiger partial charge is 0.370 e. The van der Waals surface area contributed by atoms with Gasteiger partial charge in [0.25, 0.3) is 0 Å². The zero-order chi connectivity index (χ0) is 14.3. The Morgan fingerprint density at radius 1 is 1.35 bits per heavy atom. The van der Waals surface area contributed by atoms with Crippen molar-refractivity contribution in [3.63, 3.8) is 0 Å². The lowest BCUT2D eigenvalue weighted by Gasteiger charge is -2.27. The van der Waals surface area contributed by atoms with Gasteiger partial charge in [-0.05, 0) is 25.5 Å². The number of hydrogen-bond donors (Lipinski definition) is 2. The van der Waals surface area contributed by atoms with E-state index >= 15 is 0 Å². The second-order valence-electron chi connectivity index (χ2n) is 4.94. The van der Waals surface area contributed by atoms with E-state index in [1.54, 1.807) is 0 Å². The number of nitrogens with zero attached hydrogens (tertiary/aromatic N) is 1. The minimum Gasteiger partial charge on any atom is -0.370 e. The van der Waals surface area contributed by atoms with E-state index in [1.165, 1.54) is 0 Å². The van der Waals surface area contributed by atoms with Crippen molar-refractivity contribution in [3.8, 4) is 0 Å². The molecule has 1 rings (SSSR count). The maximum absolute atomic E-state index is 11.7. The number of carbonyl (C=O) groups is 1. The summed E-state index contributed by atoms with van der Waals surface area (Å²) in [6.45, 7) is 4.71. The Kier molecular flexibility index (Phi) is 9.01. The molecule has 0 bridgehead atoms. The monoisotopic (exact) mass is 299 g/mol. The summed E-state index contributed by atoms with van der Waals surface area (Å²) in [5, 5.41) is 2.91. The van der Waals surface area contributed by atoms with Crippen molar-refractivity contribution < 1.29 is 4.79 Å². The van der Waals surface area contributed by atoms with Gasteiger partial charge in [0.2, 0.25) is 5.91 Å². The van der Waals surface area contributed by atoms with Crippen molar-refractivity contribution >= 4 is 24.0 Å². The lowest BCUT2D eigenvalue weighted by atomic mass is 10.1. The van der Waals surface area contributed by atoms with Crippen LogP contribution in [0.15, 0.2) is 30.3 Å². The van der Waals surface area contributed by atoms with Gasteiger partial charge in [-0.3, -0.25) is 4.79 Å². The summed E-state index contributed by atoms with van der Waals surface area (Å²) in [4.78, 5) is 13.9. The van der Waals surface area contributed by atoms with Crippen LogP contribution in [0.2, 0.25) is 0 Å². The first kappa shape index (κ1) is 18.7. The van der Waals surface area contributed by atoms with E-state index in [-0.39, 0.29) is 30.4 Å². The number of rotatable bonds is 7. The number of para-hydroxylation sites is 1. The SMILES string of the molecule is CCCC(N)C(=O)NCC(C)N(C)c1ccccc1.Cl. The van der Waals surface area contributed by atoms with E-state index in [4.69, 9.17) is 5.73 Å². The van der Waals surface area contributed by atoms with E-state index in [1.807, 2.05) is 32.2 Å². The Morgan fingerprint density at radius 3 is 2.50 bits per heavy atom. The molecule has 0 aliphatic heterocycles. The highest BCUT2D eigenvalue weighted by atomic mass is 35.5. The topological polar surface area (TPSA) is 58.4 Å². The summed E-state index contributed by atoms with van der Waals surface area (Å²) in [5.41, 5.74) is 6.92. The fourth-order valence-electron chi connectivity index (χ4n) is 1.88. The number of likely N-dealkylation sites (N-methyl/N-ethyl adjacent to an activating group) is 1. The summed E-state index contributed by atoms with van der Waals surface area (Å²) in [7, 11) is 2.03. The Balaban J connectivity index is 0.00000361. The molecule has 1 aromatic rings.